The number of nitrogens with two attached hydrogens (primary N) is 1. The number of thioether (sulfide) groups is 1. The fourth-order valence-corrected chi connectivity index (χ4v) is 3.19. The smallest absolute Gasteiger partial charge is 0.312 e. The van der Waals surface area contributed by atoms with Crippen LogP contribution < -0.4 is 16.0 Å². The van der Waals surface area contributed by atoms with Crippen LogP contribution in [0.15, 0.2) is 24.3 Å². The average Bonchev–Trinajstić information content (AvgIpc) is 2.58. The SMILES string of the molecule is CSCC[C@H](NC(N)=O)C(=O)N1CCN(c2ccc(F)cc2)CC1. The molecule has 0 aromatic heterocycles. The Hall–Kier alpha value is -1.96. The van der Waals surface area contributed by atoms with Crippen LogP contribution in [0.25, 0.3) is 0 Å². The molecule has 1 atom stereocenters. The van der Waals surface area contributed by atoms with Crippen molar-refractivity contribution in [3.8, 4) is 0 Å². The zero-order valence-electron chi connectivity index (χ0n) is 13.7. The summed E-state index contributed by atoms with van der Waals surface area (Å²) in [5.74, 6) is 0.412. The maximum absolute atomic E-state index is 13.0. The second-order valence-electron chi connectivity index (χ2n) is 5.63. The van der Waals surface area contributed by atoms with Gasteiger partial charge in [-0.15, -0.1) is 0 Å². The fraction of sp³-hybridized carbons (Fsp3) is 0.500. The highest BCUT2D eigenvalue weighted by Crippen LogP contribution is 2.17. The van der Waals surface area contributed by atoms with E-state index in [0.717, 1.165) is 11.4 Å². The van der Waals surface area contributed by atoms with Crippen molar-refractivity contribution < 1.29 is 14.0 Å². The highest BCUT2D eigenvalue weighted by molar-refractivity contribution is 7.98. The Morgan fingerprint density at radius 2 is 1.88 bits per heavy atom. The first kappa shape index (κ1) is 18.4. The molecule has 1 aliphatic rings. The number of carbonyl (C=O) groups excluding carboxylic acids is 2. The third-order valence-corrected chi connectivity index (χ3v) is 4.65. The summed E-state index contributed by atoms with van der Waals surface area (Å²) in [5, 5.41) is 2.54. The lowest BCUT2D eigenvalue weighted by atomic mass is 10.1. The van der Waals surface area contributed by atoms with E-state index in [0.29, 0.717) is 32.6 Å². The molecule has 1 aromatic carbocycles. The molecule has 0 unspecified atom stereocenters. The summed E-state index contributed by atoms with van der Waals surface area (Å²) >= 11 is 1.62. The first-order chi connectivity index (χ1) is 11.5. The van der Waals surface area contributed by atoms with Gasteiger partial charge in [0.1, 0.15) is 11.9 Å². The van der Waals surface area contributed by atoms with Gasteiger partial charge in [-0.25, -0.2) is 9.18 Å². The molecule has 1 fully saturated rings. The van der Waals surface area contributed by atoms with Gasteiger partial charge in [-0.05, 0) is 42.7 Å². The van der Waals surface area contributed by atoms with E-state index >= 15 is 0 Å². The summed E-state index contributed by atoms with van der Waals surface area (Å²) in [6.45, 7) is 2.46. The number of halogens is 1. The molecule has 3 amide bonds. The zero-order valence-corrected chi connectivity index (χ0v) is 14.5. The molecule has 0 bridgehead atoms. The van der Waals surface area contributed by atoms with Gasteiger partial charge in [0.2, 0.25) is 5.91 Å². The van der Waals surface area contributed by atoms with Gasteiger partial charge in [-0.2, -0.15) is 11.8 Å². The van der Waals surface area contributed by atoms with E-state index in [4.69, 9.17) is 5.73 Å². The van der Waals surface area contributed by atoms with Crippen molar-refractivity contribution in [2.24, 2.45) is 5.73 Å². The number of nitrogens with zero attached hydrogens (tertiary/aromatic N) is 2. The van der Waals surface area contributed by atoms with Crippen molar-refractivity contribution in [1.82, 2.24) is 10.2 Å². The number of hydrogen-bond donors (Lipinski definition) is 2. The van der Waals surface area contributed by atoms with E-state index < -0.39 is 12.1 Å². The molecule has 0 aliphatic carbocycles. The standard InChI is InChI=1S/C16H23FN4O2S/c1-24-11-6-14(19-16(18)23)15(22)21-9-7-20(8-10-21)13-4-2-12(17)3-5-13/h2-5,14H,6-11H2,1H3,(H3,18,19,23)/t14-/m0/s1. The number of amides is 3. The number of rotatable bonds is 6. The van der Waals surface area contributed by atoms with E-state index in [1.807, 2.05) is 6.26 Å². The topological polar surface area (TPSA) is 78.7 Å². The third-order valence-electron chi connectivity index (χ3n) is 4.01. The minimum Gasteiger partial charge on any atom is -0.368 e. The van der Waals surface area contributed by atoms with Crippen molar-refractivity contribution in [2.45, 2.75) is 12.5 Å². The molecule has 2 rings (SSSR count). The maximum atomic E-state index is 13.0. The molecule has 1 aliphatic heterocycles. The lowest BCUT2D eigenvalue weighted by Gasteiger charge is -2.37. The first-order valence-corrected chi connectivity index (χ1v) is 9.25. The molecule has 1 aromatic rings. The molecular formula is C16H23FN4O2S. The third kappa shape index (κ3) is 5.02. The van der Waals surface area contributed by atoms with E-state index in [-0.39, 0.29) is 11.7 Å². The summed E-state index contributed by atoms with van der Waals surface area (Å²) in [4.78, 5) is 27.6. The highest BCUT2D eigenvalue weighted by atomic mass is 32.2. The van der Waals surface area contributed by atoms with Gasteiger partial charge >= 0.3 is 6.03 Å². The number of primary amides is 1. The quantitative estimate of drug-likeness (QED) is 0.806. The van der Waals surface area contributed by atoms with E-state index in [1.54, 1.807) is 28.8 Å². The van der Waals surface area contributed by atoms with Crippen molar-refractivity contribution in [1.29, 1.82) is 0 Å². The number of carbonyl (C=O) groups is 2. The van der Waals surface area contributed by atoms with Crippen LogP contribution in [0, 0.1) is 5.82 Å². The first-order valence-electron chi connectivity index (χ1n) is 7.85. The van der Waals surface area contributed by atoms with Crippen molar-refractivity contribution in [3.63, 3.8) is 0 Å². The molecule has 1 saturated heterocycles. The molecule has 24 heavy (non-hydrogen) atoms. The van der Waals surface area contributed by atoms with Crippen LogP contribution in [0.4, 0.5) is 14.9 Å². The van der Waals surface area contributed by atoms with Gasteiger partial charge in [0.25, 0.3) is 0 Å². The fourth-order valence-electron chi connectivity index (χ4n) is 2.72. The molecule has 0 radical (unpaired) electrons. The van der Waals surface area contributed by atoms with Crippen LogP contribution in [0.5, 0.6) is 0 Å². The lowest BCUT2D eigenvalue weighted by Crippen LogP contribution is -2.55. The number of piperazine rings is 1. The average molecular weight is 354 g/mol. The summed E-state index contributed by atoms with van der Waals surface area (Å²) in [7, 11) is 0. The number of hydrogen-bond acceptors (Lipinski definition) is 4. The largest absolute Gasteiger partial charge is 0.368 e. The lowest BCUT2D eigenvalue weighted by molar-refractivity contribution is -0.133. The second-order valence-corrected chi connectivity index (χ2v) is 6.62. The minimum atomic E-state index is -0.681. The number of anilines is 1. The summed E-state index contributed by atoms with van der Waals surface area (Å²) in [6.07, 6.45) is 2.51. The number of benzene rings is 1. The van der Waals surface area contributed by atoms with Crippen LogP contribution in [0.1, 0.15) is 6.42 Å². The predicted octanol–water partition coefficient (Wildman–Crippen LogP) is 1.26. The maximum Gasteiger partial charge on any atom is 0.312 e. The van der Waals surface area contributed by atoms with E-state index in [9.17, 15) is 14.0 Å². The Balaban J connectivity index is 1.92. The minimum absolute atomic E-state index is 0.0957. The Morgan fingerprint density at radius 3 is 2.42 bits per heavy atom. The zero-order chi connectivity index (χ0) is 17.5. The highest BCUT2D eigenvalue weighted by Gasteiger charge is 2.28. The monoisotopic (exact) mass is 354 g/mol. The molecule has 0 spiro atoms. The summed E-state index contributed by atoms with van der Waals surface area (Å²) in [5.41, 5.74) is 6.12. The van der Waals surface area contributed by atoms with Gasteiger partial charge in [0.15, 0.2) is 0 Å². The Morgan fingerprint density at radius 1 is 1.25 bits per heavy atom. The Kier molecular flexibility index (Phi) is 6.72. The number of urea groups is 1. The van der Waals surface area contributed by atoms with Crippen molar-refractivity contribution in [3.05, 3.63) is 30.1 Å². The summed E-state index contributed by atoms with van der Waals surface area (Å²) in [6, 6.07) is 5.09. The summed E-state index contributed by atoms with van der Waals surface area (Å²) < 4.78 is 13.0. The van der Waals surface area contributed by atoms with Gasteiger partial charge in [-0.1, -0.05) is 0 Å². The van der Waals surface area contributed by atoms with Crippen molar-refractivity contribution >= 4 is 29.4 Å². The molecule has 1 heterocycles. The van der Waals surface area contributed by atoms with Crippen LogP contribution in [0.2, 0.25) is 0 Å². The van der Waals surface area contributed by atoms with Gasteiger partial charge < -0.3 is 20.9 Å². The predicted molar refractivity (Wildman–Crippen MR) is 94.7 cm³/mol. The molecule has 6 nitrogen and oxygen atoms in total. The van der Waals surface area contributed by atoms with Crippen molar-refractivity contribution in [2.75, 3.05) is 43.1 Å². The molecule has 0 saturated carbocycles. The molecule has 8 heteroatoms. The molecule has 132 valence electrons. The van der Waals surface area contributed by atoms with Crippen LogP contribution >= 0.6 is 11.8 Å². The van der Waals surface area contributed by atoms with Crippen LogP contribution in [-0.2, 0) is 4.79 Å². The van der Waals surface area contributed by atoms with Gasteiger partial charge in [0, 0.05) is 31.9 Å². The Bertz CT molecular complexity index is 562. The van der Waals surface area contributed by atoms with Crippen LogP contribution in [-0.4, -0.2) is 61.1 Å². The van der Waals surface area contributed by atoms with E-state index in [1.165, 1.54) is 12.1 Å². The normalized spacial score (nSPS) is 15.9. The van der Waals surface area contributed by atoms with E-state index in [2.05, 4.69) is 10.2 Å². The molecular weight excluding hydrogens is 331 g/mol. The second kappa shape index (κ2) is 8.77. The van der Waals surface area contributed by atoms with Crippen LogP contribution in [0.3, 0.4) is 0 Å². The molecule has 3 N–H and O–H groups in total. The Labute approximate surface area is 145 Å². The van der Waals surface area contributed by atoms with Gasteiger partial charge in [0.05, 0.1) is 0 Å². The number of nitrogens with one attached hydrogen (secondary N) is 1. The van der Waals surface area contributed by atoms with Gasteiger partial charge in [-0.3, -0.25) is 4.79 Å².